The topological polar surface area (TPSA) is 37.3 Å². The Balaban J connectivity index is 3.73. The summed E-state index contributed by atoms with van der Waals surface area (Å²) in [7, 11) is 0. The van der Waals surface area contributed by atoms with E-state index < -0.39 is 5.97 Å². The second-order valence-electron chi connectivity index (χ2n) is 3.36. The van der Waals surface area contributed by atoms with Crippen LogP contribution in [0, 0.1) is 11.8 Å². The molecule has 0 fully saturated rings. The zero-order valence-corrected chi connectivity index (χ0v) is 9.68. The predicted molar refractivity (Wildman–Crippen MR) is 62.5 cm³/mol. The Labute approximate surface area is 92.4 Å². The first-order valence-electron chi connectivity index (χ1n) is 5.60. The van der Waals surface area contributed by atoms with Gasteiger partial charge >= 0.3 is 5.97 Å². The number of carboxylic acid groups (broad SMARTS) is 1. The van der Waals surface area contributed by atoms with Crippen LogP contribution in [0.15, 0.2) is 11.6 Å². The van der Waals surface area contributed by atoms with Gasteiger partial charge in [0.05, 0.1) is 0 Å². The van der Waals surface area contributed by atoms with Gasteiger partial charge in [-0.05, 0) is 25.7 Å². The largest absolute Gasteiger partial charge is 0.478 e. The molecular weight excluding hydrogens is 188 g/mol. The lowest BCUT2D eigenvalue weighted by molar-refractivity contribution is -0.132. The summed E-state index contributed by atoms with van der Waals surface area (Å²) in [6, 6.07) is 0. The molecule has 0 radical (unpaired) electrons. The molecule has 2 nitrogen and oxygen atoms in total. The van der Waals surface area contributed by atoms with Crippen LogP contribution in [0.25, 0.3) is 0 Å². The summed E-state index contributed by atoms with van der Waals surface area (Å²) >= 11 is 0. The maximum Gasteiger partial charge on any atom is 0.331 e. The molecule has 0 heterocycles. The monoisotopic (exact) mass is 208 g/mol. The van der Waals surface area contributed by atoms with E-state index >= 15 is 0 Å². The minimum Gasteiger partial charge on any atom is -0.478 e. The van der Waals surface area contributed by atoms with Crippen LogP contribution in [-0.2, 0) is 4.79 Å². The highest BCUT2D eigenvalue weighted by atomic mass is 16.4. The van der Waals surface area contributed by atoms with Gasteiger partial charge < -0.3 is 5.11 Å². The number of aliphatic carboxylic acids is 1. The first-order valence-corrected chi connectivity index (χ1v) is 5.60. The molecule has 0 aromatic heterocycles. The van der Waals surface area contributed by atoms with Crippen molar-refractivity contribution in [2.24, 2.45) is 0 Å². The second-order valence-corrected chi connectivity index (χ2v) is 3.36. The van der Waals surface area contributed by atoms with Crippen molar-refractivity contribution in [2.75, 3.05) is 0 Å². The lowest BCUT2D eigenvalue weighted by atomic mass is 10.1. The quantitative estimate of drug-likeness (QED) is 0.413. The van der Waals surface area contributed by atoms with Crippen molar-refractivity contribution in [3.8, 4) is 11.8 Å². The molecule has 15 heavy (non-hydrogen) atoms. The molecule has 0 unspecified atom stereocenters. The van der Waals surface area contributed by atoms with Crippen LogP contribution >= 0.6 is 0 Å². The van der Waals surface area contributed by atoms with E-state index in [4.69, 9.17) is 5.11 Å². The highest BCUT2D eigenvalue weighted by molar-refractivity contribution is 5.86. The molecule has 0 aromatic carbocycles. The van der Waals surface area contributed by atoms with Crippen molar-refractivity contribution in [1.82, 2.24) is 0 Å². The maximum absolute atomic E-state index is 10.8. The summed E-state index contributed by atoms with van der Waals surface area (Å²) in [5.74, 6) is 5.28. The molecule has 0 saturated heterocycles. The Morgan fingerprint density at radius 3 is 2.53 bits per heavy atom. The normalized spacial score (nSPS) is 10.7. The van der Waals surface area contributed by atoms with Crippen LogP contribution in [-0.4, -0.2) is 11.1 Å². The van der Waals surface area contributed by atoms with Crippen molar-refractivity contribution >= 4 is 5.97 Å². The van der Waals surface area contributed by atoms with Gasteiger partial charge in [-0.25, -0.2) is 4.79 Å². The molecule has 0 aliphatic heterocycles. The Bertz CT molecular complexity index is 266. The number of carbonyl (C=O) groups is 1. The number of allylic oxidation sites excluding steroid dienone is 1. The van der Waals surface area contributed by atoms with E-state index in [0.29, 0.717) is 12.0 Å². The van der Waals surface area contributed by atoms with E-state index in [9.17, 15) is 4.79 Å². The van der Waals surface area contributed by atoms with Crippen LogP contribution in [0.1, 0.15) is 52.4 Å². The van der Waals surface area contributed by atoms with Gasteiger partial charge in [0.2, 0.25) is 0 Å². The zero-order valence-electron chi connectivity index (χ0n) is 9.68. The third-order valence-corrected chi connectivity index (χ3v) is 2.02. The van der Waals surface area contributed by atoms with Crippen molar-refractivity contribution in [3.05, 3.63) is 11.6 Å². The summed E-state index contributed by atoms with van der Waals surface area (Å²) in [5, 5.41) is 8.85. The van der Waals surface area contributed by atoms with Gasteiger partial charge in [0, 0.05) is 18.4 Å². The second kappa shape index (κ2) is 9.33. The molecule has 0 aliphatic rings. The Morgan fingerprint density at radius 1 is 1.27 bits per heavy atom. The van der Waals surface area contributed by atoms with E-state index in [1.165, 1.54) is 0 Å². The van der Waals surface area contributed by atoms with E-state index in [-0.39, 0.29) is 0 Å². The maximum atomic E-state index is 10.8. The van der Waals surface area contributed by atoms with E-state index in [1.807, 2.05) is 13.8 Å². The number of hydrogen-bond acceptors (Lipinski definition) is 1. The zero-order chi connectivity index (χ0) is 11.5. The molecule has 0 amide bonds. The summed E-state index contributed by atoms with van der Waals surface area (Å²) in [6.07, 6.45) is 6.93. The van der Waals surface area contributed by atoms with Gasteiger partial charge in [-0.3, -0.25) is 0 Å². The molecule has 0 bridgehead atoms. The number of rotatable bonds is 6. The third-order valence-electron chi connectivity index (χ3n) is 2.02. The standard InChI is InChI=1S/C13H20O2/c1-3-5-6-7-8-9-11-12(10-4-2)13(14)15/h10H,3-4,7-9,11H2,1-2H3,(H,14,15)/b12-10+. The molecule has 0 aliphatic carbocycles. The summed E-state index contributed by atoms with van der Waals surface area (Å²) in [6.45, 7) is 3.98. The number of carboxylic acids is 1. The van der Waals surface area contributed by atoms with Gasteiger partial charge in [-0.1, -0.05) is 19.9 Å². The fourth-order valence-electron chi connectivity index (χ4n) is 1.28. The molecule has 2 heteroatoms. The van der Waals surface area contributed by atoms with Crippen LogP contribution in [0.2, 0.25) is 0 Å². The predicted octanol–water partition coefficient (Wildman–Crippen LogP) is 3.38. The summed E-state index contributed by atoms with van der Waals surface area (Å²) in [4.78, 5) is 10.8. The molecular formula is C13H20O2. The molecule has 0 saturated carbocycles. The molecule has 84 valence electrons. The SMILES string of the molecule is CCC#CCCCC/C(=C\CC)C(=O)O. The molecule has 1 N–H and O–H groups in total. The summed E-state index contributed by atoms with van der Waals surface area (Å²) in [5.41, 5.74) is 0.543. The van der Waals surface area contributed by atoms with Crippen LogP contribution in [0.3, 0.4) is 0 Å². The first-order chi connectivity index (χ1) is 7.22. The van der Waals surface area contributed by atoms with Crippen molar-refractivity contribution in [2.45, 2.75) is 52.4 Å². The lowest BCUT2D eigenvalue weighted by Crippen LogP contribution is -2.00. The van der Waals surface area contributed by atoms with Crippen LogP contribution in [0.5, 0.6) is 0 Å². The lowest BCUT2D eigenvalue weighted by Gasteiger charge is -2.00. The fourth-order valence-corrected chi connectivity index (χ4v) is 1.28. The average Bonchev–Trinajstić information content (AvgIpc) is 2.21. The van der Waals surface area contributed by atoms with E-state index in [1.54, 1.807) is 6.08 Å². The van der Waals surface area contributed by atoms with Gasteiger partial charge in [0.25, 0.3) is 0 Å². The van der Waals surface area contributed by atoms with Crippen LogP contribution in [0.4, 0.5) is 0 Å². The third kappa shape index (κ3) is 7.81. The minimum absolute atomic E-state index is 0.543. The van der Waals surface area contributed by atoms with Gasteiger partial charge in [-0.15, -0.1) is 11.8 Å². The van der Waals surface area contributed by atoms with Crippen molar-refractivity contribution in [1.29, 1.82) is 0 Å². The van der Waals surface area contributed by atoms with Gasteiger partial charge in [0.15, 0.2) is 0 Å². The number of unbranched alkanes of at least 4 members (excludes halogenated alkanes) is 2. The van der Waals surface area contributed by atoms with Crippen molar-refractivity contribution in [3.63, 3.8) is 0 Å². The Kier molecular flexibility index (Phi) is 8.56. The first kappa shape index (κ1) is 13.8. The number of hydrogen-bond donors (Lipinski definition) is 1. The van der Waals surface area contributed by atoms with E-state index in [2.05, 4.69) is 11.8 Å². The molecule has 0 rings (SSSR count). The summed E-state index contributed by atoms with van der Waals surface area (Å²) < 4.78 is 0. The minimum atomic E-state index is -0.781. The molecule has 0 atom stereocenters. The van der Waals surface area contributed by atoms with Crippen LogP contribution < -0.4 is 0 Å². The van der Waals surface area contributed by atoms with Gasteiger partial charge in [-0.2, -0.15) is 0 Å². The Hall–Kier alpha value is -1.23. The molecule has 0 aromatic rings. The van der Waals surface area contributed by atoms with Gasteiger partial charge in [0.1, 0.15) is 0 Å². The smallest absolute Gasteiger partial charge is 0.331 e. The molecule has 0 spiro atoms. The van der Waals surface area contributed by atoms with E-state index in [0.717, 1.165) is 32.1 Å². The Morgan fingerprint density at radius 2 is 2.00 bits per heavy atom. The highest BCUT2D eigenvalue weighted by Gasteiger charge is 2.04. The average molecular weight is 208 g/mol. The van der Waals surface area contributed by atoms with Crippen molar-refractivity contribution < 1.29 is 9.90 Å². The highest BCUT2D eigenvalue weighted by Crippen LogP contribution is 2.09. The fraction of sp³-hybridized carbons (Fsp3) is 0.615.